The molecule has 0 spiro atoms. The Morgan fingerprint density at radius 3 is 2.71 bits per heavy atom. The van der Waals surface area contributed by atoms with Gasteiger partial charge in [-0.3, -0.25) is 0 Å². The van der Waals surface area contributed by atoms with Crippen LogP contribution in [0, 0.1) is 0 Å². The molecule has 0 atom stereocenters. The second-order valence-corrected chi connectivity index (χ2v) is 8.29. The van der Waals surface area contributed by atoms with Gasteiger partial charge in [-0.15, -0.1) is 0 Å². The normalized spacial score (nSPS) is 16.8. The molecule has 6 rings (SSSR count). The van der Waals surface area contributed by atoms with Gasteiger partial charge in [-0.2, -0.15) is 4.98 Å². The second-order valence-electron chi connectivity index (χ2n) is 8.29. The third-order valence-electron chi connectivity index (χ3n) is 6.62. The van der Waals surface area contributed by atoms with Crippen LogP contribution in [0.15, 0.2) is 40.8 Å². The largest absolute Gasteiger partial charge is 0.497 e. The molecule has 31 heavy (non-hydrogen) atoms. The third kappa shape index (κ3) is 3.03. The summed E-state index contributed by atoms with van der Waals surface area (Å²) in [5.41, 5.74) is 6.98. The third-order valence-corrected chi connectivity index (χ3v) is 6.62. The average molecular weight is 418 g/mol. The number of nitrogens with zero attached hydrogens (tertiary/aromatic N) is 4. The van der Waals surface area contributed by atoms with Crippen molar-refractivity contribution in [2.24, 2.45) is 7.05 Å². The van der Waals surface area contributed by atoms with E-state index >= 15 is 0 Å². The van der Waals surface area contributed by atoms with Crippen LogP contribution in [0.4, 0.5) is 11.7 Å². The number of ether oxygens (including phenoxy) is 2. The molecule has 4 aromatic rings. The predicted octanol–water partition coefficient (Wildman–Crippen LogP) is 3.73. The quantitative estimate of drug-likeness (QED) is 0.505. The first-order chi connectivity index (χ1) is 15.2. The Morgan fingerprint density at radius 1 is 1.00 bits per heavy atom. The molecule has 2 aromatic carbocycles. The average Bonchev–Trinajstić information content (AvgIpc) is 3.38. The molecule has 1 fully saturated rings. The summed E-state index contributed by atoms with van der Waals surface area (Å²) in [7, 11) is 3.89. The van der Waals surface area contributed by atoms with Crippen LogP contribution in [0.1, 0.15) is 11.3 Å². The summed E-state index contributed by atoms with van der Waals surface area (Å²) < 4.78 is 19.3. The van der Waals surface area contributed by atoms with Crippen molar-refractivity contribution < 1.29 is 13.9 Å². The SMILES string of the molecule is COc1ccc2c(c1)c1c(n2C)CCN(c2ccc3oc(N4CCOCC4)nc3c2)C1. The van der Waals surface area contributed by atoms with E-state index < -0.39 is 0 Å². The number of hydrogen-bond donors (Lipinski definition) is 0. The van der Waals surface area contributed by atoms with Crippen molar-refractivity contribution in [1.29, 1.82) is 0 Å². The van der Waals surface area contributed by atoms with Gasteiger partial charge < -0.3 is 28.3 Å². The molecule has 160 valence electrons. The molecule has 0 aliphatic carbocycles. The van der Waals surface area contributed by atoms with Gasteiger partial charge in [0.15, 0.2) is 5.58 Å². The fraction of sp³-hybridized carbons (Fsp3) is 0.375. The molecule has 1 saturated heterocycles. The molecule has 4 heterocycles. The lowest BCUT2D eigenvalue weighted by atomic mass is 10.0. The maximum absolute atomic E-state index is 6.02. The first kappa shape index (κ1) is 18.6. The summed E-state index contributed by atoms with van der Waals surface area (Å²) in [6, 6.07) is 13.4. The molecule has 0 bridgehead atoms. The Bertz CT molecular complexity index is 1270. The molecular formula is C24H26N4O3. The highest BCUT2D eigenvalue weighted by Gasteiger charge is 2.24. The first-order valence-corrected chi connectivity index (χ1v) is 10.8. The Hall–Kier alpha value is -3.19. The molecule has 7 nitrogen and oxygen atoms in total. The number of aryl methyl sites for hydroxylation is 1. The second kappa shape index (κ2) is 7.20. The van der Waals surface area contributed by atoms with E-state index in [1.165, 1.54) is 27.8 Å². The van der Waals surface area contributed by atoms with Crippen LogP contribution in [0.2, 0.25) is 0 Å². The van der Waals surface area contributed by atoms with Crippen LogP contribution in [-0.4, -0.2) is 49.5 Å². The van der Waals surface area contributed by atoms with Crippen molar-refractivity contribution in [3.8, 4) is 5.75 Å². The number of fused-ring (bicyclic) bond motifs is 4. The van der Waals surface area contributed by atoms with E-state index in [4.69, 9.17) is 18.9 Å². The first-order valence-electron chi connectivity index (χ1n) is 10.8. The minimum absolute atomic E-state index is 0.692. The zero-order valence-electron chi connectivity index (χ0n) is 17.9. The van der Waals surface area contributed by atoms with Gasteiger partial charge in [0.1, 0.15) is 11.3 Å². The minimum Gasteiger partial charge on any atom is -0.497 e. The van der Waals surface area contributed by atoms with Crippen molar-refractivity contribution >= 4 is 33.7 Å². The summed E-state index contributed by atoms with van der Waals surface area (Å²) in [5.74, 6) is 0.901. The maximum Gasteiger partial charge on any atom is 0.298 e. The molecule has 0 saturated carbocycles. The maximum atomic E-state index is 6.02. The number of rotatable bonds is 3. The monoisotopic (exact) mass is 418 g/mol. The minimum atomic E-state index is 0.692. The highest BCUT2D eigenvalue weighted by Crippen LogP contribution is 2.35. The predicted molar refractivity (Wildman–Crippen MR) is 121 cm³/mol. The molecule has 0 unspecified atom stereocenters. The van der Waals surface area contributed by atoms with Gasteiger partial charge in [-0.05, 0) is 36.4 Å². The van der Waals surface area contributed by atoms with Crippen LogP contribution in [0.3, 0.4) is 0 Å². The Morgan fingerprint density at radius 2 is 1.87 bits per heavy atom. The highest BCUT2D eigenvalue weighted by molar-refractivity contribution is 5.88. The molecule has 0 amide bonds. The lowest BCUT2D eigenvalue weighted by Crippen LogP contribution is -2.36. The van der Waals surface area contributed by atoms with Crippen LogP contribution >= 0.6 is 0 Å². The molecule has 0 radical (unpaired) electrons. The molecule has 0 N–H and O–H groups in total. The summed E-state index contributed by atoms with van der Waals surface area (Å²) >= 11 is 0. The molecule has 2 aromatic heterocycles. The number of morpholine rings is 1. The smallest absolute Gasteiger partial charge is 0.298 e. The van der Waals surface area contributed by atoms with Gasteiger partial charge in [0.05, 0.1) is 20.3 Å². The summed E-state index contributed by atoms with van der Waals surface area (Å²) in [5, 5.41) is 1.28. The van der Waals surface area contributed by atoms with E-state index in [-0.39, 0.29) is 0 Å². The number of methoxy groups -OCH3 is 1. The van der Waals surface area contributed by atoms with Crippen LogP contribution in [0.25, 0.3) is 22.0 Å². The van der Waals surface area contributed by atoms with Crippen molar-refractivity contribution in [2.45, 2.75) is 13.0 Å². The van der Waals surface area contributed by atoms with Crippen LogP contribution in [0.5, 0.6) is 5.75 Å². The van der Waals surface area contributed by atoms with E-state index in [0.717, 1.165) is 62.7 Å². The Balaban J connectivity index is 1.33. The van der Waals surface area contributed by atoms with Crippen molar-refractivity contribution in [2.75, 3.05) is 49.8 Å². The highest BCUT2D eigenvalue weighted by atomic mass is 16.5. The molecule has 7 heteroatoms. The number of benzene rings is 2. The standard InChI is InChI=1S/C24H26N4O3/c1-26-21-5-4-17(29-2)14-18(21)19-15-28(8-7-22(19)26)16-3-6-23-20(13-16)25-24(31-23)27-9-11-30-12-10-27/h3-6,13-14H,7-12,15H2,1-2H3. The van der Waals surface area contributed by atoms with Gasteiger partial charge in [-0.25, -0.2) is 0 Å². The fourth-order valence-corrected chi connectivity index (χ4v) is 4.90. The van der Waals surface area contributed by atoms with E-state index in [2.05, 4.69) is 45.7 Å². The van der Waals surface area contributed by atoms with Gasteiger partial charge >= 0.3 is 0 Å². The lowest BCUT2D eigenvalue weighted by molar-refractivity contribution is 0.120. The van der Waals surface area contributed by atoms with Gasteiger partial charge in [-0.1, -0.05) is 0 Å². The van der Waals surface area contributed by atoms with Crippen molar-refractivity contribution in [3.05, 3.63) is 47.7 Å². The number of oxazole rings is 1. The zero-order valence-corrected chi connectivity index (χ0v) is 17.9. The summed E-state index contributed by atoms with van der Waals surface area (Å²) in [6.45, 7) is 4.93. The van der Waals surface area contributed by atoms with Gasteiger partial charge in [0.25, 0.3) is 6.01 Å². The van der Waals surface area contributed by atoms with Crippen LogP contribution in [-0.2, 0) is 24.8 Å². The fourth-order valence-electron chi connectivity index (χ4n) is 4.90. The van der Waals surface area contributed by atoms with Crippen molar-refractivity contribution in [3.63, 3.8) is 0 Å². The molecule has 2 aliphatic rings. The summed E-state index contributed by atoms with van der Waals surface area (Å²) in [6.07, 6.45) is 1.01. The number of anilines is 2. The molecular weight excluding hydrogens is 392 g/mol. The van der Waals surface area contributed by atoms with E-state index in [1.807, 2.05) is 12.1 Å². The Kier molecular flexibility index (Phi) is 4.31. The van der Waals surface area contributed by atoms with E-state index in [1.54, 1.807) is 7.11 Å². The Labute approximate surface area is 180 Å². The molecule has 2 aliphatic heterocycles. The zero-order chi connectivity index (χ0) is 20.9. The van der Waals surface area contributed by atoms with E-state index in [0.29, 0.717) is 6.01 Å². The number of aromatic nitrogens is 2. The number of hydrogen-bond acceptors (Lipinski definition) is 6. The van der Waals surface area contributed by atoms with Gasteiger partial charge in [0, 0.05) is 67.5 Å². The topological polar surface area (TPSA) is 55.9 Å². The van der Waals surface area contributed by atoms with Crippen LogP contribution < -0.4 is 14.5 Å². The summed E-state index contributed by atoms with van der Waals surface area (Å²) in [4.78, 5) is 9.36. The van der Waals surface area contributed by atoms with E-state index in [9.17, 15) is 0 Å². The lowest BCUT2D eigenvalue weighted by Gasteiger charge is -2.29. The van der Waals surface area contributed by atoms with Gasteiger partial charge in [0.2, 0.25) is 0 Å². The van der Waals surface area contributed by atoms with Crippen molar-refractivity contribution in [1.82, 2.24) is 9.55 Å².